The Labute approximate surface area is 203 Å². The zero-order valence-electron chi connectivity index (χ0n) is 19.1. The minimum atomic E-state index is -0.160. The van der Waals surface area contributed by atoms with E-state index in [1.165, 1.54) is 0 Å². The molecule has 168 valence electrons. The number of nitrogens with one attached hydrogen (secondary N) is 2. The van der Waals surface area contributed by atoms with Gasteiger partial charge >= 0.3 is 0 Å². The fourth-order valence-electron chi connectivity index (χ4n) is 3.52. The standard InChI is InChI=1S/C27H23N5OS/c1-17-5-4-6-18(2)24(17)31-26(33)21-11-13-22(14-12-21)30-27-29-16-23(34-3)25(32-27)20-9-7-19(15-28)8-10-20/h4-14,16H,1-3H3,(H,31,33)(H,29,30,32). The minimum absolute atomic E-state index is 0.160. The molecule has 0 fully saturated rings. The summed E-state index contributed by atoms with van der Waals surface area (Å²) in [6.07, 6.45) is 3.75. The normalized spacial score (nSPS) is 10.4. The van der Waals surface area contributed by atoms with Gasteiger partial charge in [-0.2, -0.15) is 5.26 Å². The van der Waals surface area contributed by atoms with Crippen molar-refractivity contribution in [2.24, 2.45) is 0 Å². The molecule has 0 atom stereocenters. The summed E-state index contributed by atoms with van der Waals surface area (Å²) in [7, 11) is 0. The largest absolute Gasteiger partial charge is 0.324 e. The van der Waals surface area contributed by atoms with Crippen molar-refractivity contribution in [1.82, 2.24) is 9.97 Å². The van der Waals surface area contributed by atoms with Crippen LogP contribution < -0.4 is 10.6 Å². The number of amides is 1. The molecular weight excluding hydrogens is 442 g/mol. The van der Waals surface area contributed by atoms with E-state index in [1.807, 2.05) is 62.6 Å². The number of thioether (sulfide) groups is 1. The van der Waals surface area contributed by atoms with Crippen molar-refractivity contribution in [1.29, 1.82) is 5.26 Å². The number of carbonyl (C=O) groups excluding carboxylic acids is 1. The fraction of sp³-hybridized carbons (Fsp3) is 0.111. The maximum atomic E-state index is 12.7. The van der Waals surface area contributed by atoms with Crippen molar-refractivity contribution < 1.29 is 4.79 Å². The Morgan fingerprint density at radius 2 is 1.65 bits per heavy atom. The van der Waals surface area contributed by atoms with E-state index in [0.29, 0.717) is 17.1 Å². The van der Waals surface area contributed by atoms with Crippen LogP contribution >= 0.6 is 11.8 Å². The number of para-hydroxylation sites is 1. The molecule has 2 N–H and O–H groups in total. The first-order chi connectivity index (χ1) is 16.5. The summed E-state index contributed by atoms with van der Waals surface area (Å²) in [6.45, 7) is 3.95. The van der Waals surface area contributed by atoms with Crippen molar-refractivity contribution in [3.8, 4) is 17.3 Å². The van der Waals surface area contributed by atoms with Gasteiger partial charge in [-0.3, -0.25) is 4.79 Å². The first kappa shape index (κ1) is 23.0. The second-order valence-electron chi connectivity index (χ2n) is 7.72. The average Bonchev–Trinajstić information content (AvgIpc) is 2.86. The van der Waals surface area contributed by atoms with E-state index in [1.54, 1.807) is 42.2 Å². The number of nitriles is 1. The van der Waals surface area contributed by atoms with Crippen LogP contribution in [-0.2, 0) is 0 Å². The van der Waals surface area contributed by atoms with Crippen molar-refractivity contribution in [3.05, 3.63) is 95.2 Å². The van der Waals surface area contributed by atoms with Gasteiger partial charge in [0.15, 0.2) is 0 Å². The van der Waals surface area contributed by atoms with Gasteiger partial charge in [0.2, 0.25) is 5.95 Å². The molecular formula is C27H23N5OS. The number of carbonyl (C=O) groups is 1. The Bertz CT molecular complexity index is 1360. The zero-order valence-corrected chi connectivity index (χ0v) is 19.9. The number of rotatable bonds is 6. The summed E-state index contributed by atoms with van der Waals surface area (Å²) in [5.74, 6) is 0.289. The Morgan fingerprint density at radius 3 is 2.26 bits per heavy atom. The Kier molecular flexibility index (Phi) is 6.90. The van der Waals surface area contributed by atoms with Crippen LogP contribution in [0.5, 0.6) is 0 Å². The van der Waals surface area contributed by atoms with Gasteiger partial charge in [0.05, 0.1) is 22.2 Å². The van der Waals surface area contributed by atoms with Crippen molar-refractivity contribution in [2.75, 3.05) is 16.9 Å². The van der Waals surface area contributed by atoms with Crippen LogP contribution in [0, 0.1) is 25.2 Å². The second-order valence-corrected chi connectivity index (χ2v) is 8.57. The predicted molar refractivity (Wildman–Crippen MR) is 138 cm³/mol. The highest BCUT2D eigenvalue weighted by Gasteiger charge is 2.12. The van der Waals surface area contributed by atoms with E-state index < -0.39 is 0 Å². The van der Waals surface area contributed by atoms with Gasteiger partial charge in [0, 0.05) is 28.7 Å². The van der Waals surface area contributed by atoms with Crippen molar-refractivity contribution >= 4 is 35.0 Å². The number of benzene rings is 3. The molecule has 1 amide bonds. The summed E-state index contributed by atoms with van der Waals surface area (Å²) < 4.78 is 0. The number of hydrogen-bond acceptors (Lipinski definition) is 6. The van der Waals surface area contributed by atoms with Gasteiger partial charge in [-0.05, 0) is 67.6 Å². The number of nitrogens with zero attached hydrogens (tertiary/aromatic N) is 3. The number of aromatic nitrogens is 2. The SMILES string of the molecule is CSc1cnc(Nc2ccc(C(=O)Nc3c(C)cccc3C)cc2)nc1-c1ccc(C#N)cc1. The molecule has 0 radical (unpaired) electrons. The Hall–Kier alpha value is -4.15. The molecule has 6 nitrogen and oxygen atoms in total. The lowest BCUT2D eigenvalue weighted by atomic mass is 10.1. The van der Waals surface area contributed by atoms with Gasteiger partial charge in [-0.1, -0.05) is 30.3 Å². The van der Waals surface area contributed by atoms with Crippen LogP contribution in [0.4, 0.5) is 17.3 Å². The highest BCUT2D eigenvalue weighted by molar-refractivity contribution is 7.98. The van der Waals surface area contributed by atoms with Gasteiger partial charge in [0.25, 0.3) is 5.91 Å². The Morgan fingerprint density at radius 1 is 0.971 bits per heavy atom. The van der Waals surface area contributed by atoms with E-state index in [0.717, 1.165) is 38.7 Å². The monoisotopic (exact) mass is 465 g/mol. The van der Waals surface area contributed by atoms with Crippen molar-refractivity contribution in [2.45, 2.75) is 18.7 Å². The minimum Gasteiger partial charge on any atom is -0.324 e. The molecule has 4 aromatic rings. The summed E-state index contributed by atoms with van der Waals surface area (Å²) in [4.78, 5) is 22.8. The lowest BCUT2D eigenvalue weighted by Crippen LogP contribution is -2.13. The third-order valence-electron chi connectivity index (χ3n) is 5.39. The van der Waals surface area contributed by atoms with E-state index in [9.17, 15) is 4.79 Å². The third-order valence-corrected chi connectivity index (χ3v) is 6.12. The molecule has 1 aromatic heterocycles. The molecule has 0 unspecified atom stereocenters. The summed E-state index contributed by atoms with van der Waals surface area (Å²) in [5, 5.41) is 15.3. The lowest BCUT2D eigenvalue weighted by Gasteiger charge is -2.12. The van der Waals surface area contributed by atoms with Gasteiger partial charge in [-0.15, -0.1) is 11.8 Å². The van der Waals surface area contributed by atoms with Crippen LogP contribution in [0.25, 0.3) is 11.3 Å². The van der Waals surface area contributed by atoms with Gasteiger partial charge < -0.3 is 10.6 Å². The molecule has 1 heterocycles. The molecule has 0 aliphatic heterocycles. The van der Waals surface area contributed by atoms with E-state index in [-0.39, 0.29) is 5.91 Å². The summed E-state index contributed by atoms with van der Waals surface area (Å²) in [6, 6.07) is 22.6. The molecule has 34 heavy (non-hydrogen) atoms. The Balaban J connectivity index is 1.52. The molecule has 7 heteroatoms. The molecule has 0 aliphatic carbocycles. The van der Waals surface area contributed by atoms with Crippen LogP contribution in [0.3, 0.4) is 0 Å². The second kappa shape index (κ2) is 10.2. The first-order valence-corrected chi connectivity index (χ1v) is 11.9. The molecule has 0 aliphatic rings. The molecule has 0 spiro atoms. The molecule has 3 aromatic carbocycles. The summed E-state index contributed by atoms with van der Waals surface area (Å²) in [5.41, 5.74) is 6.52. The van der Waals surface area contributed by atoms with Gasteiger partial charge in [0.1, 0.15) is 0 Å². The van der Waals surface area contributed by atoms with Gasteiger partial charge in [-0.25, -0.2) is 9.97 Å². The van der Waals surface area contributed by atoms with Crippen LogP contribution in [0.15, 0.2) is 77.8 Å². The van der Waals surface area contributed by atoms with E-state index in [4.69, 9.17) is 10.2 Å². The average molecular weight is 466 g/mol. The zero-order chi connectivity index (χ0) is 24.1. The van der Waals surface area contributed by atoms with Crippen LogP contribution in [0.1, 0.15) is 27.0 Å². The smallest absolute Gasteiger partial charge is 0.255 e. The highest BCUT2D eigenvalue weighted by Crippen LogP contribution is 2.29. The topological polar surface area (TPSA) is 90.7 Å². The van der Waals surface area contributed by atoms with E-state index >= 15 is 0 Å². The van der Waals surface area contributed by atoms with Crippen molar-refractivity contribution in [3.63, 3.8) is 0 Å². The predicted octanol–water partition coefficient (Wildman–Crippen LogP) is 6.35. The third kappa shape index (κ3) is 5.08. The molecule has 0 bridgehead atoms. The molecule has 0 saturated carbocycles. The van der Waals surface area contributed by atoms with Crippen LogP contribution in [-0.4, -0.2) is 22.1 Å². The van der Waals surface area contributed by atoms with Crippen LogP contribution in [0.2, 0.25) is 0 Å². The number of hydrogen-bond donors (Lipinski definition) is 2. The highest BCUT2D eigenvalue weighted by atomic mass is 32.2. The quantitative estimate of drug-likeness (QED) is 0.323. The molecule has 0 saturated heterocycles. The summed E-state index contributed by atoms with van der Waals surface area (Å²) >= 11 is 1.56. The fourth-order valence-corrected chi connectivity index (χ4v) is 4.04. The van der Waals surface area contributed by atoms with E-state index in [2.05, 4.69) is 21.7 Å². The number of aryl methyl sites for hydroxylation is 2. The maximum absolute atomic E-state index is 12.7. The first-order valence-electron chi connectivity index (χ1n) is 10.6. The number of anilines is 3. The lowest BCUT2D eigenvalue weighted by molar-refractivity contribution is 0.102. The molecule has 4 rings (SSSR count). The maximum Gasteiger partial charge on any atom is 0.255 e.